The molecule has 0 saturated carbocycles. The largest absolute Gasteiger partial charge is 0.369 e. The first kappa shape index (κ1) is 13.0. The zero-order valence-electron chi connectivity index (χ0n) is 10.8. The number of hydrogen-bond donors (Lipinski definition) is 1. The third kappa shape index (κ3) is 3.86. The van der Waals surface area contributed by atoms with Crippen LogP contribution in [0, 0.1) is 0 Å². The van der Waals surface area contributed by atoms with Crippen molar-refractivity contribution >= 4 is 0 Å². The average Bonchev–Trinajstić information content (AvgIpc) is 2.58. The van der Waals surface area contributed by atoms with Crippen molar-refractivity contribution in [3.05, 3.63) is 35.6 Å². The zero-order valence-corrected chi connectivity index (χ0v) is 10.8. The highest BCUT2D eigenvalue weighted by Crippen LogP contribution is 2.15. The van der Waals surface area contributed by atoms with E-state index in [9.17, 15) is 0 Å². The molecule has 0 bridgehead atoms. The van der Waals surface area contributed by atoms with Gasteiger partial charge in [-0.25, -0.2) is 0 Å². The summed E-state index contributed by atoms with van der Waals surface area (Å²) in [5, 5.41) is 3.37. The molecule has 16 heavy (non-hydrogen) atoms. The fourth-order valence-electron chi connectivity index (χ4n) is 1.90. The molecule has 2 rings (SSSR count). The molecule has 0 aromatic heterocycles. The van der Waals surface area contributed by atoms with Crippen LogP contribution in [0.4, 0.5) is 0 Å². The zero-order chi connectivity index (χ0) is 11.8. The first-order chi connectivity index (χ1) is 7.86. The lowest BCUT2D eigenvalue weighted by Gasteiger charge is -2.30. The summed E-state index contributed by atoms with van der Waals surface area (Å²) in [6, 6.07) is 0. The summed E-state index contributed by atoms with van der Waals surface area (Å²) in [5.41, 5.74) is 2.82. The Kier molecular flexibility index (Phi) is 5.94. The quantitative estimate of drug-likeness (QED) is 0.731. The van der Waals surface area contributed by atoms with Crippen LogP contribution in [-0.4, -0.2) is 31.1 Å². The molecule has 0 unspecified atom stereocenters. The minimum Gasteiger partial charge on any atom is -0.369 e. The van der Waals surface area contributed by atoms with Crippen molar-refractivity contribution in [2.75, 3.05) is 26.2 Å². The molecule has 1 saturated heterocycles. The summed E-state index contributed by atoms with van der Waals surface area (Å²) in [6.45, 7) is 10.7. The molecule has 90 valence electrons. The molecular weight excluding hydrogens is 196 g/mol. The van der Waals surface area contributed by atoms with Crippen molar-refractivity contribution in [1.29, 1.82) is 0 Å². The topological polar surface area (TPSA) is 15.3 Å². The molecule has 2 nitrogen and oxygen atoms in total. The predicted molar refractivity (Wildman–Crippen MR) is 71.4 cm³/mol. The Morgan fingerprint density at radius 3 is 2.56 bits per heavy atom. The van der Waals surface area contributed by atoms with E-state index in [2.05, 4.69) is 41.4 Å². The molecule has 2 aliphatic rings. The van der Waals surface area contributed by atoms with E-state index in [1.165, 1.54) is 11.3 Å². The summed E-state index contributed by atoms with van der Waals surface area (Å²) < 4.78 is 0. The summed E-state index contributed by atoms with van der Waals surface area (Å²) in [5.74, 6) is 0. The van der Waals surface area contributed by atoms with Crippen molar-refractivity contribution in [2.24, 2.45) is 0 Å². The van der Waals surface area contributed by atoms with Gasteiger partial charge in [-0.1, -0.05) is 31.6 Å². The number of piperazine rings is 1. The fourth-order valence-corrected chi connectivity index (χ4v) is 1.90. The third-order valence-electron chi connectivity index (χ3n) is 2.72. The highest BCUT2D eigenvalue weighted by atomic mass is 15.2. The van der Waals surface area contributed by atoms with Crippen LogP contribution in [0.3, 0.4) is 0 Å². The van der Waals surface area contributed by atoms with Crippen LogP contribution >= 0.6 is 0 Å². The Labute approximate surface area is 99.7 Å². The lowest BCUT2D eigenvalue weighted by atomic mass is 10.2. The van der Waals surface area contributed by atoms with Crippen LogP contribution in [0.5, 0.6) is 0 Å². The van der Waals surface area contributed by atoms with E-state index in [-0.39, 0.29) is 0 Å². The second kappa shape index (κ2) is 7.29. The Balaban J connectivity index is 0.000000606. The second-order valence-electron chi connectivity index (χ2n) is 3.95. The van der Waals surface area contributed by atoms with Crippen LogP contribution in [0.25, 0.3) is 0 Å². The van der Waals surface area contributed by atoms with Gasteiger partial charge < -0.3 is 10.2 Å². The Bertz CT molecular complexity index is 281. The van der Waals surface area contributed by atoms with Crippen LogP contribution in [0.15, 0.2) is 35.6 Å². The third-order valence-corrected chi connectivity index (χ3v) is 2.72. The van der Waals surface area contributed by atoms with Gasteiger partial charge in [-0.2, -0.15) is 0 Å². The van der Waals surface area contributed by atoms with E-state index in [1.807, 2.05) is 13.8 Å². The van der Waals surface area contributed by atoms with E-state index in [4.69, 9.17) is 0 Å². The molecule has 0 radical (unpaired) electrons. The molecule has 0 atom stereocenters. The van der Waals surface area contributed by atoms with Gasteiger partial charge in [0.1, 0.15) is 0 Å². The molecule has 1 heterocycles. The first-order valence-corrected chi connectivity index (χ1v) is 6.36. The highest BCUT2D eigenvalue weighted by molar-refractivity contribution is 5.30. The highest BCUT2D eigenvalue weighted by Gasteiger charge is 2.11. The predicted octanol–water partition coefficient (Wildman–Crippen LogP) is 2.71. The molecule has 0 amide bonds. The van der Waals surface area contributed by atoms with Gasteiger partial charge in [0, 0.05) is 31.9 Å². The first-order valence-electron chi connectivity index (χ1n) is 6.36. The lowest BCUT2D eigenvalue weighted by Crippen LogP contribution is -2.42. The van der Waals surface area contributed by atoms with Crippen LogP contribution in [0.2, 0.25) is 0 Å². The van der Waals surface area contributed by atoms with Crippen molar-refractivity contribution < 1.29 is 0 Å². The van der Waals surface area contributed by atoms with Crippen molar-refractivity contribution in [3.63, 3.8) is 0 Å². The lowest BCUT2D eigenvalue weighted by molar-refractivity contribution is 0.307. The maximum Gasteiger partial charge on any atom is 0.0366 e. The van der Waals surface area contributed by atoms with Crippen molar-refractivity contribution in [1.82, 2.24) is 10.2 Å². The number of nitrogens with one attached hydrogen (secondary N) is 1. The minimum atomic E-state index is 1.09. The van der Waals surface area contributed by atoms with E-state index < -0.39 is 0 Å². The molecule has 0 aromatic rings. The van der Waals surface area contributed by atoms with Crippen LogP contribution in [-0.2, 0) is 0 Å². The molecule has 1 fully saturated rings. The summed E-state index contributed by atoms with van der Waals surface area (Å²) in [4.78, 5) is 2.45. The molecule has 1 aliphatic carbocycles. The van der Waals surface area contributed by atoms with Gasteiger partial charge in [0.2, 0.25) is 0 Å². The molecular formula is C14H24N2. The Hall–Kier alpha value is -1.02. The van der Waals surface area contributed by atoms with E-state index in [0.717, 1.165) is 32.6 Å². The van der Waals surface area contributed by atoms with E-state index in [1.54, 1.807) is 0 Å². The number of rotatable bonds is 1. The smallest absolute Gasteiger partial charge is 0.0366 e. The van der Waals surface area contributed by atoms with Gasteiger partial charge >= 0.3 is 0 Å². The van der Waals surface area contributed by atoms with Gasteiger partial charge in [-0.3, -0.25) is 0 Å². The summed E-state index contributed by atoms with van der Waals surface area (Å²) in [7, 11) is 0. The van der Waals surface area contributed by atoms with E-state index >= 15 is 0 Å². The van der Waals surface area contributed by atoms with Crippen molar-refractivity contribution in [3.8, 4) is 0 Å². The summed E-state index contributed by atoms with van der Waals surface area (Å²) in [6.07, 6.45) is 10.0. The molecule has 1 aliphatic heterocycles. The second-order valence-corrected chi connectivity index (χ2v) is 3.95. The standard InChI is InChI=1S/C12H18N2.C2H6/c1-11-4-2-3-5-12(10-11)14-8-6-13-7-9-14;1-2/h2-3,5,10,13H,4,6-9H2,1H3;1-2H3. The van der Waals surface area contributed by atoms with Gasteiger partial charge in [0.15, 0.2) is 0 Å². The average molecular weight is 220 g/mol. The number of allylic oxidation sites excluding steroid dienone is 5. The molecule has 2 heteroatoms. The van der Waals surface area contributed by atoms with E-state index in [0.29, 0.717) is 0 Å². The summed E-state index contributed by atoms with van der Waals surface area (Å²) >= 11 is 0. The monoisotopic (exact) mass is 220 g/mol. The van der Waals surface area contributed by atoms with Crippen LogP contribution in [0.1, 0.15) is 27.2 Å². The van der Waals surface area contributed by atoms with Gasteiger partial charge in [0.05, 0.1) is 0 Å². The Morgan fingerprint density at radius 1 is 1.19 bits per heavy atom. The van der Waals surface area contributed by atoms with Crippen molar-refractivity contribution in [2.45, 2.75) is 27.2 Å². The minimum absolute atomic E-state index is 1.09. The molecule has 0 aromatic carbocycles. The normalized spacial score (nSPS) is 20.3. The molecule has 1 N–H and O–H groups in total. The Morgan fingerprint density at radius 2 is 1.88 bits per heavy atom. The van der Waals surface area contributed by atoms with Crippen LogP contribution < -0.4 is 5.32 Å². The van der Waals surface area contributed by atoms with Gasteiger partial charge in [0.25, 0.3) is 0 Å². The SMILES string of the molecule is CC.CC1=CC(N2CCNCC2)=CC=CC1. The van der Waals surface area contributed by atoms with Gasteiger partial charge in [-0.05, 0) is 25.5 Å². The maximum atomic E-state index is 3.37. The fraction of sp³-hybridized carbons (Fsp3) is 0.571. The number of nitrogens with zero attached hydrogens (tertiary/aromatic N) is 1. The maximum absolute atomic E-state index is 3.37. The van der Waals surface area contributed by atoms with Gasteiger partial charge in [-0.15, -0.1) is 0 Å². The number of hydrogen-bond acceptors (Lipinski definition) is 2. The molecule has 0 spiro atoms.